The molecule has 1 saturated carbocycles. The fourth-order valence-electron chi connectivity index (χ4n) is 4.78. The van der Waals surface area contributed by atoms with Gasteiger partial charge in [0, 0.05) is 35.5 Å². The van der Waals surface area contributed by atoms with Crippen LogP contribution in [0, 0.1) is 5.82 Å². The third-order valence-corrected chi connectivity index (χ3v) is 6.71. The number of benzene rings is 2. The molecule has 9 heteroatoms. The predicted octanol–water partition coefficient (Wildman–Crippen LogP) is 5.49. The van der Waals surface area contributed by atoms with E-state index in [2.05, 4.69) is 5.32 Å². The van der Waals surface area contributed by atoms with E-state index in [9.17, 15) is 4.39 Å². The summed E-state index contributed by atoms with van der Waals surface area (Å²) in [7, 11) is 4.69. The molecule has 4 aromatic rings. The Balaban J connectivity index is 1.58. The van der Waals surface area contributed by atoms with Crippen molar-refractivity contribution in [3.8, 4) is 17.2 Å². The van der Waals surface area contributed by atoms with Gasteiger partial charge in [-0.3, -0.25) is 0 Å². The van der Waals surface area contributed by atoms with Crippen LogP contribution in [0.3, 0.4) is 0 Å². The molecule has 5 rings (SSSR count). The number of nitrogens with zero attached hydrogens (tertiary/aromatic N) is 4. The Morgan fingerprint density at radius 1 is 0.943 bits per heavy atom. The number of fused-ring (bicyclic) bond motifs is 3. The van der Waals surface area contributed by atoms with Crippen LogP contribution in [0.2, 0.25) is 0 Å². The average molecular weight is 480 g/mol. The van der Waals surface area contributed by atoms with Gasteiger partial charge < -0.3 is 19.5 Å². The molecule has 2 aromatic heterocycles. The molecular weight excluding hydrogens is 449 g/mol. The Bertz CT molecular complexity index is 1350. The van der Waals surface area contributed by atoms with Gasteiger partial charge in [-0.25, -0.2) is 14.4 Å². The molecule has 0 unspecified atom stereocenters. The summed E-state index contributed by atoms with van der Waals surface area (Å²) in [5, 5.41) is 8.84. The van der Waals surface area contributed by atoms with Crippen LogP contribution in [-0.2, 0) is 6.54 Å². The van der Waals surface area contributed by atoms with Crippen LogP contribution in [0.15, 0.2) is 30.3 Å². The molecule has 0 radical (unpaired) electrons. The number of anilines is 1. The molecule has 0 atom stereocenters. The Labute approximate surface area is 203 Å². The van der Waals surface area contributed by atoms with Crippen molar-refractivity contribution < 1.29 is 18.6 Å². The number of nitrogens with one attached hydrogen (secondary N) is 1. The van der Waals surface area contributed by atoms with E-state index in [1.165, 1.54) is 38.9 Å². The zero-order valence-electron chi connectivity index (χ0n) is 20.3. The number of aromatic nitrogens is 4. The third kappa shape index (κ3) is 4.54. The summed E-state index contributed by atoms with van der Waals surface area (Å²) >= 11 is 0. The van der Waals surface area contributed by atoms with E-state index < -0.39 is 5.82 Å². The van der Waals surface area contributed by atoms with Gasteiger partial charge in [0.15, 0.2) is 23.0 Å². The number of hydrogen-bond acceptors (Lipinski definition) is 7. The molecule has 0 bridgehead atoms. The van der Waals surface area contributed by atoms with E-state index in [0.29, 0.717) is 40.7 Å². The van der Waals surface area contributed by atoms with Crippen molar-refractivity contribution in [1.29, 1.82) is 0 Å². The maximum absolute atomic E-state index is 14.6. The van der Waals surface area contributed by atoms with Gasteiger partial charge in [-0.05, 0) is 31.0 Å². The summed E-state index contributed by atoms with van der Waals surface area (Å²) in [5.41, 5.74) is 2.10. The second-order valence-electron chi connectivity index (χ2n) is 8.86. The highest BCUT2D eigenvalue weighted by Crippen LogP contribution is 2.33. The SMILES string of the molecule is COc1ccc(CNc2nc3cc(OC)c(F)cc3c3nc(C4CCCCCC4)nn23)c(OC)c1. The highest BCUT2D eigenvalue weighted by molar-refractivity contribution is 5.93. The van der Waals surface area contributed by atoms with E-state index in [0.717, 1.165) is 30.0 Å². The monoisotopic (exact) mass is 479 g/mol. The van der Waals surface area contributed by atoms with E-state index in [1.54, 1.807) is 24.8 Å². The zero-order valence-corrected chi connectivity index (χ0v) is 20.3. The maximum Gasteiger partial charge on any atom is 0.226 e. The molecule has 35 heavy (non-hydrogen) atoms. The lowest BCUT2D eigenvalue weighted by atomic mass is 10.00. The molecule has 1 aliphatic rings. The molecular formula is C26H30FN5O3. The third-order valence-electron chi connectivity index (χ3n) is 6.71. The fourth-order valence-corrected chi connectivity index (χ4v) is 4.78. The first-order valence-electron chi connectivity index (χ1n) is 12.0. The van der Waals surface area contributed by atoms with Crippen LogP contribution in [-0.4, -0.2) is 40.9 Å². The average Bonchev–Trinajstić information content (AvgIpc) is 3.15. The summed E-state index contributed by atoms with van der Waals surface area (Å²) in [4.78, 5) is 9.67. The first kappa shape index (κ1) is 23.1. The molecule has 1 aliphatic carbocycles. The Morgan fingerprint density at radius 3 is 2.43 bits per heavy atom. The van der Waals surface area contributed by atoms with Crippen LogP contribution in [0.25, 0.3) is 16.6 Å². The van der Waals surface area contributed by atoms with Gasteiger partial charge in [-0.1, -0.05) is 25.7 Å². The van der Waals surface area contributed by atoms with Crippen LogP contribution < -0.4 is 19.5 Å². The summed E-state index contributed by atoms with van der Waals surface area (Å²) in [5.74, 6) is 2.72. The highest BCUT2D eigenvalue weighted by Gasteiger charge is 2.22. The molecule has 1 N–H and O–H groups in total. The topological polar surface area (TPSA) is 82.8 Å². The molecule has 184 valence electrons. The molecule has 1 fully saturated rings. The number of rotatable bonds is 7. The lowest BCUT2D eigenvalue weighted by molar-refractivity contribution is 0.387. The first-order chi connectivity index (χ1) is 17.1. The molecule has 0 aliphatic heterocycles. The lowest BCUT2D eigenvalue weighted by Gasteiger charge is -2.13. The van der Waals surface area contributed by atoms with Crippen molar-refractivity contribution >= 4 is 22.5 Å². The van der Waals surface area contributed by atoms with Gasteiger partial charge in [0.25, 0.3) is 0 Å². The molecule has 0 spiro atoms. The van der Waals surface area contributed by atoms with Gasteiger partial charge in [0.05, 0.1) is 26.8 Å². The van der Waals surface area contributed by atoms with E-state index in [4.69, 9.17) is 29.3 Å². The van der Waals surface area contributed by atoms with E-state index in [1.807, 2.05) is 18.2 Å². The summed E-state index contributed by atoms with van der Waals surface area (Å²) in [6.07, 6.45) is 6.97. The largest absolute Gasteiger partial charge is 0.497 e. The summed E-state index contributed by atoms with van der Waals surface area (Å²) < 4.78 is 32.4. The number of halogens is 1. The molecule has 0 saturated heterocycles. The Morgan fingerprint density at radius 2 is 1.71 bits per heavy atom. The molecule has 2 heterocycles. The van der Waals surface area contributed by atoms with Gasteiger partial charge in [0.1, 0.15) is 11.5 Å². The van der Waals surface area contributed by atoms with Gasteiger partial charge in [-0.15, -0.1) is 5.10 Å². The molecule has 8 nitrogen and oxygen atoms in total. The Kier molecular flexibility index (Phi) is 6.57. The summed E-state index contributed by atoms with van der Waals surface area (Å²) in [6.45, 7) is 0.442. The van der Waals surface area contributed by atoms with E-state index in [-0.39, 0.29) is 5.75 Å². The van der Waals surface area contributed by atoms with Crippen molar-refractivity contribution in [3.63, 3.8) is 0 Å². The fraction of sp³-hybridized carbons (Fsp3) is 0.423. The second kappa shape index (κ2) is 9.93. The zero-order chi connectivity index (χ0) is 24.4. The van der Waals surface area contributed by atoms with Crippen LogP contribution in [0.4, 0.5) is 10.3 Å². The van der Waals surface area contributed by atoms with Crippen LogP contribution in [0.5, 0.6) is 17.2 Å². The minimum Gasteiger partial charge on any atom is -0.497 e. The van der Waals surface area contributed by atoms with Gasteiger partial charge in [0.2, 0.25) is 5.95 Å². The van der Waals surface area contributed by atoms with Crippen molar-refractivity contribution in [2.75, 3.05) is 26.6 Å². The van der Waals surface area contributed by atoms with Gasteiger partial charge >= 0.3 is 0 Å². The highest BCUT2D eigenvalue weighted by atomic mass is 19.1. The van der Waals surface area contributed by atoms with Crippen LogP contribution in [0.1, 0.15) is 55.8 Å². The number of hydrogen-bond donors (Lipinski definition) is 1. The standard InChI is InChI=1S/C26H30FN5O3/c1-33-18-11-10-17(22(12-18)34-2)15-28-26-29-21-14-23(35-3)20(27)13-19(21)25-30-24(31-32(25)26)16-8-6-4-5-7-9-16/h10-14,16H,4-9,15H2,1-3H3,(H,28,29). The first-order valence-corrected chi connectivity index (χ1v) is 12.0. The Hall–Kier alpha value is -3.62. The lowest BCUT2D eigenvalue weighted by Crippen LogP contribution is -2.09. The van der Waals surface area contributed by atoms with Gasteiger partial charge in [-0.2, -0.15) is 4.52 Å². The van der Waals surface area contributed by atoms with E-state index >= 15 is 0 Å². The van der Waals surface area contributed by atoms with Crippen molar-refractivity contribution in [3.05, 3.63) is 47.5 Å². The second-order valence-corrected chi connectivity index (χ2v) is 8.86. The predicted molar refractivity (Wildman–Crippen MR) is 132 cm³/mol. The molecule has 0 amide bonds. The van der Waals surface area contributed by atoms with Crippen molar-refractivity contribution in [2.24, 2.45) is 0 Å². The normalized spacial score (nSPS) is 14.7. The van der Waals surface area contributed by atoms with Crippen molar-refractivity contribution in [2.45, 2.75) is 51.0 Å². The summed E-state index contributed by atoms with van der Waals surface area (Å²) in [6, 6.07) is 8.70. The minimum atomic E-state index is -0.452. The quantitative estimate of drug-likeness (QED) is 0.351. The maximum atomic E-state index is 14.6. The number of ether oxygens (including phenoxy) is 3. The smallest absolute Gasteiger partial charge is 0.226 e. The van der Waals surface area contributed by atoms with Crippen LogP contribution >= 0.6 is 0 Å². The number of methoxy groups -OCH3 is 3. The minimum absolute atomic E-state index is 0.139. The van der Waals surface area contributed by atoms with Crippen molar-refractivity contribution in [1.82, 2.24) is 19.6 Å². The molecule has 2 aromatic carbocycles.